The van der Waals surface area contributed by atoms with Crippen molar-refractivity contribution >= 4 is 5.91 Å². The molecule has 0 spiro atoms. The molecule has 30 heavy (non-hydrogen) atoms. The molecule has 7 nitrogen and oxygen atoms in total. The van der Waals surface area contributed by atoms with E-state index in [4.69, 9.17) is 14.2 Å². The first-order valence-corrected chi connectivity index (χ1v) is 11.2. The highest BCUT2D eigenvalue weighted by Gasteiger charge is 2.41. The third kappa shape index (κ3) is 4.72. The minimum Gasteiger partial charge on any atom is -0.385 e. The molecule has 162 valence electrons. The zero-order valence-electron chi connectivity index (χ0n) is 17.9. The number of carbonyl (C=O) groups excluding carboxylic acids is 1. The Kier molecular flexibility index (Phi) is 6.77. The van der Waals surface area contributed by atoms with Crippen molar-refractivity contribution < 1.29 is 14.1 Å². The van der Waals surface area contributed by atoms with Crippen molar-refractivity contribution in [3.63, 3.8) is 0 Å². The van der Waals surface area contributed by atoms with Crippen LogP contribution in [0.15, 0.2) is 29.0 Å². The van der Waals surface area contributed by atoms with Gasteiger partial charge in [-0.3, -0.25) is 9.78 Å². The zero-order valence-corrected chi connectivity index (χ0v) is 17.9. The molecule has 0 radical (unpaired) electrons. The smallest absolute Gasteiger partial charge is 0.258 e. The zero-order chi connectivity index (χ0) is 20.8. The standard InChI is InChI=1S/C23H32N4O3/c1-29-17-12-23(22-25-21(30-26-22)19-8-13-24-14-9-19)10-15-27(16-11-23)20(28)7-6-18-4-2-3-5-18/h8-9,13-14,18H,2-7,10-12,15-17H2,1H3. The van der Waals surface area contributed by atoms with Crippen LogP contribution < -0.4 is 0 Å². The number of aromatic nitrogens is 3. The molecule has 7 heteroatoms. The largest absolute Gasteiger partial charge is 0.385 e. The van der Waals surface area contributed by atoms with Gasteiger partial charge < -0.3 is 14.2 Å². The lowest BCUT2D eigenvalue weighted by Gasteiger charge is -2.40. The summed E-state index contributed by atoms with van der Waals surface area (Å²) in [5.74, 6) is 2.29. The highest BCUT2D eigenvalue weighted by Crippen LogP contribution is 2.38. The minimum atomic E-state index is -0.215. The molecule has 1 saturated heterocycles. The van der Waals surface area contributed by atoms with Gasteiger partial charge in [0.2, 0.25) is 5.91 Å². The van der Waals surface area contributed by atoms with E-state index in [1.165, 1.54) is 25.7 Å². The lowest BCUT2D eigenvalue weighted by molar-refractivity contribution is -0.133. The number of rotatable bonds is 8. The number of methoxy groups -OCH3 is 1. The van der Waals surface area contributed by atoms with Crippen LogP contribution in [-0.2, 0) is 14.9 Å². The molecule has 0 N–H and O–H groups in total. The quantitative estimate of drug-likeness (QED) is 0.652. The number of ether oxygens (including phenoxy) is 1. The van der Waals surface area contributed by atoms with Crippen LogP contribution in [0.3, 0.4) is 0 Å². The number of likely N-dealkylation sites (tertiary alicyclic amines) is 1. The van der Waals surface area contributed by atoms with Gasteiger partial charge in [-0.25, -0.2) is 0 Å². The van der Waals surface area contributed by atoms with Crippen molar-refractivity contribution in [2.45, 2.75) is 63.2 Å². The van der Waals surface area contributed by atoms with Crippen LogP contribution in [0.1, 0.15) is 63.6 Å². The summed E-state index contributed by atoms with van der Waals surface area (Å²) in [4.78, 5) is 23.5. The SMILES string of the molecule is COCCC1(c2noc(-c3ccncc3)n2)CCN(C(=O)CCC2CCCC2)CC1. The summed E-state index contributed by atoms with van der Waals surface area (Å²) in [6.45, 7) is 2.12. The third-order valence-electron chi connectivity index (χ3n) is 6.93. The van der Waals surface area contributed by atoms with E-state index in [0.29, 0.717) is 24.8 Å². The number of carbonyl (C=O) groups is 1. The van der Waals surface area contributed by atoms with Gasteiger partial charge in [0.05, 0.1) is 0 Å². The fraction of sp³-hybridized carbons (Fsp3) is 0.652. The van der Waals surface area contributed by atoms with E-state index in [1.807, 2.05) is 17.0 Å². The topological polar surface area (TPSA) is 81.3 Å². The second-order valence-electron chi connectivity index (χ2n) is 8.75. The molecule has 2 fully saturated rings. The van der Waals surface area contributed by atoms with Crippen molar-refractivity contribution in [3.8, 4) is 11.5 Å². The van der Waals surface area contributed by atoms with E-state index in [0.717, 1.165) is 56.1 Å². The first-order valence-electron chi connectivity index (χ1n) is 11.2. The van der Waals surface area contributed by atoms with Crippen LogP contribution in [0, 0.1) is 5.92 Å². The van der Waals surface area contributed by atoms with Crippen LogP contribution in [-0.4, -0.2) is 52.7 Å². The Bertz CT molecular complexity index is 809. The predicted molar refractivity (Wildman–Crippen MR) is 113 cm³/mol. The Hall–Kier alpha value is -2.28. The van der Waals surface area contributed by atoms with E-state index in [1.54, 1.807) is 19.5 Å². The van der Waals surface area contributed by atoms with E-state index in [2.05, 4.69) is 10.1 Å². The van der Waals surface area contributed by atoms with E-state index in [-0.39, 0.29) is 5.41 Å². The van der Waals surface area contributed by atoms with Crippen LogP contribution in [0.5, 0.6) is 0 Å². The van der Waals surface area contributed by atoms with Gasteiger partial charge in [-0.15, -0.1) is 0 Å². The average molecular weight is 413 g/mol. The van der Waals surface area contributed by atoms with E-state index in [9.17, 15) is 4.79 Å². The fourth-order valence-corrected chi connectivity index (χ4v) is 4.90. The van der Waals surface area contributed by atoms with Gasteiger partial charge in [0.15, 0.2) is 5.82 Å². The van der Waals surface area contributed by atoms with Crippen LogP contribution in [0.4, 0.5) is 0 Å². The maximum Gasteiger partial charge on any atom is 0.258 e. The maximum atomic E-state index is 12.8. The highest BCUT2D eigenvalue weighted by atomic mass is 16.5. The molecule has 1 aliphatic carbocycles. The summed E-state index contributed by atoms with van der Waals surface area (Å²) < 4.78 is 10.9. The molecular formula is C23H32N4O3. The van der Waals surface area contributed by atoms with Gasteiger partial charge in [-0.1, -0.05) is 30.8 Å². The molecule has 0 atom stereocenters. The number of amides is 1. The summed E-state index contributed by atoms with van der Waals surface area (Å²) in [5.41, 5.74) is 0.651. The summed E-state index contributed by atoms with van der Waals surface area (Å²) in [6, 6.07) is 3.73. The molecule has 0 unspecified atom stereocenters. The number of nitrogens with zero attached hydrogens (tertiary/aromatic N) is 4. The molecular weight excluding hydrogens is 380 g/mol. The molecule has 2 aliphatic rings. The van der Waals surface area contributed by atoms with Crippen molar-refractivity contribution in [3.05, 3.63) is 30.4 Å². The third-order valence-corrected chi connectivity index (χ3v) is 6.93. The Morgan fingerprint density at radius 3 is 2.67 bits per heavy atom. The molecule has 2 aromatic rings. The molecule has 1 amide bonds. The van der Waals surface area contributed by atoms with Crippen LogP contribution in [0.2, 0.25) is 0 Å². The van der Waals surface area contributed by atoms with Crippen LogP contribution >= 0.6 is 0 Å². The average Bonchev–Trinajstić information content (AvgIpc) is 3.50. The molecule has 1 aliphatic heterocycles. The van der Waals surface area contributed by atoms with Crippen LogP contribution in [0.25, 0.3) is 11.5 Å². The summed E-state index contributed by atoms with van der Waals surface area (Å²) in [5, 5.41) is 4.33. The monoisotopic (exact) mass is 412 g/mol. The molecule has 0 aromatic carbocycles. The Labute approximate surface area is 178 Å². The van der Waals surface area contributed by atoms with Crippen molar-refractivity contribution in [1.82, 2.24) is 20.0 Å². The summed E-state index contributed by atoms with van der Waals surface area (Å²) in [6.07, 6.45) is 12.9. The van der Waals surface area contributed by atoms with E-state index >= 15 is 0 Å². The molecule has 3 heterocycles. The van der Waals surface area contributed by atoms with Crippen molar-refractivity contribution in [1.29, 1.82) is 0 Å². The number of hydrogen-bond acceptors (Lipinski definition) is 6. The van der Waals surface area contributed by atoms with Gasteiger partial charge in [-0.05, 0) is 43.7 Å². The molecule has 4 rings (SSSR count). The Balaban J connectivity index is 1.41. The van der Waals surface area contributed by atoms with Crippen molar-refractivity contribution in [2.75, 3.05) is 26.8 Å². The normalized spacial score (nSPS) is 19.3. The van der Waals surface area contributed by atoms with E-state index < -0.39 is 0 Å². The van der Waals surface area contributed by atoms with Gasteiger partial charge in [0.25, 0.3) is 5.89 Å². The number of hydrogen-bond donors (Lipinski definition) is 0. The second-order valence-corrected chi connectivity index (χ2v) is 8.75. The number of pyridine rings is 1. The molecule has 2 aromatic heterocycles. The summed E-state index contributed by atoms with van der Waals surface area (Å²) in [7, 11) is 1.72. The lowest BCUT2D eigenvalue weighted by Crippen LogP contribution is -2.46. The first-order chi connectivity index (χ1) is 14.7. The predicted octanol–water partition coefficient (Wildman–Crippen LogP) is 4.00. The first kappa shape index (κ1) is 21.0. The minimum absolute atomic E-state index is 0.215. The Morgan fingerprint density at radius 1 is 1.23 bits per heavy atom. The van der Waals surface area contributed by atoms with Gasteiger partial charge in [-0.2, -0.15) is 4.98 Å². The van der Waals surface area contributed by atoms with Crippen molar-refractivity contribution in [2.24, 2.45) is 5.92 Å². The number of piperidine rings is 1. The van der Waals surface area contributed by atoms with Gasteiger partial charge >= 0.3 is 0 Å². The summed E-state index contributed by atoms with van der Waals surface area (Å²) >= 11 is 0. The fourth-order valence-electron chi connectivity index (χ4n) is 4.90. The molecule has 0 bridgehead atoms. The second kappa shape index (κ2) is 9.69. The maximum absolute atomic E-state index is 12.8. The van der Waals surface area contributed by atoms with Gasteiger partial charge in [0, 0.05) is 56.6 Å². The lowest BCUT2D eigenvalue weighted by atomic mass is 9.75. The van der Waals surface area contributed by atoms with Gasteiger partial charge in [0.1, 0.15) is 0 Å². The Morgan fingerprint density at radius 2 is 1.97 bits per heavy atom. The highest BCUT2D eigenvalue weighted by molar-refractivity contribution is 5.76. The molecule has 1 saturated carbocycles.